The summed E-state index contributed by atoms with van der Waals surface area (Å²) in [5, 5.41) is 18.5. The molecule has 4 nitrogen and oxygen atoms in total. The number of phenols is 1. The summed E-state index contributed by atoms with van der Waals surface area (Å²) in [7, 11) is 0. The van der Waals surface area contributed by atoms with E-state index >= 15 is 0 Å². The fraction of sp³-hybridized carbons (Fsp3) is 0.250. The average Bonchev–Trinajstić information content (AvgIpc) is 2.28. The molecule has 0 unspecified atom stereocenters. The third-order valence-electron chi connectivity index (χ3n) is 2.42. The quantitative estimate of drug-likeness (QED) is 0.688. The van der Waals surface area contributed by atoms with Crippen molar-refractivity contribution in [3.63, 3.8) is 0 Å². The van der Waals surface area contributed by atoms with Crippen LogP contribution in [0.2, 0.25) is 0 Å². The van der Waals surface area contributed by atoms with E-state index in [1.165, 1.54) is 0 Å². The van der Waals surface area contributed by atoms with Gasteiger partial charge in [0.2, 0.25) is 0 Å². The number of carboxylic acid groups (broad SMARTS) is 1. The molecule has 0 bridgehead atoms. The van der Waals surface area contributed by atoms with Gasteiger partial charge >= 0.3 is 5.97 Å². The van der Waals surface area contributed by atoms with Gasteiger partial charge in [0.1, 0.15) is 17.1 Å². The summed E-state index contributed by atoms with van der Waals surface area (Å²) in [5.41, 5.74) is 5.38. The molecule has 0 saturated heterocycles. The van der Waals surface area contributed by atoms with Gasteiger partial charge in [-0.1, -0.05) is 6.08 Å². The van der Waals surface area contributed by atoms with Gasteiger partial charge in [-0.25, -0.2) is 9.18 Å². The van der Waals surface area contributed by atoms with Crippen LogP contribution in [-0.4, -0.2) is 16.2 Å². The highest BCUT2D eigenvalue weighted by molar-refractivity contribution is 5.91. The SMILES string of the molecule is C=CCC[C@H](N)c1cc(F)cc(C(=O)O)c1O. The van der Waals surface area contributed by atoms with E-state index in [-0.39, 0.29) is 5.56 Å². The lowest BCUT2D eigenvalue weighted by Gasteiger charge is -2.14. The molecule has 1 aromatic carbocycles. The molecule has 5 heteroatoms. The summed E-state index contributed by atoms with van der Waals surface area (Å²) in [6.45, 7) is 3.53. The first-order valence-corrected chi connectivity index (χ1v) is 5.09. The van der Waals surface area contributed by atoms with E-state index in [9.17, 15) is 14.3 Å². The maximum Gasteiger partial charge on any atom is 0.339 e. The number of allylic oxidation sites excluding steroid dienone is 1. The minimum absolute atomic E-state index is 0.101. The zero-order valence-electron chi connectivity index (χ0n) is 9.19. The zero-order valence-corrected chi connectivity index (χ0v) is 9.19. The molecule has 4 N–H and O–H groups in total. The number of aromatic carboxylic acids is 1. The van der Waals surface area contributed by atoms with Crippen LogP contribution in [0.4, 0.5) is 4.39 Å². The summed E-state index contributed by atoms with van der Waals surface area (Å²) < 4.78 is 13.2. The van der Waals surface area contributed by atoms with Crippen LogP contribution in [0.5, 0.6) is 5.75 Å². The molecule has 1 atom stereocenters. The van der Waals surface area contributed by atoms with Crippen LogP contribution in [0.15, 0.2) is 24.8 Å². The Hall–Kier alpha value is -1.88. The number of hydrogen-bond donors (Lipinski definition) is 3. The Morgan fingerprint density at radius 2 is 2.24 bits per heavy atom. The van der Waals surface area contributed by atoms with Gasteiger partial charge in [-0.2, -0.15) is 0 Å². The molecule has 0 saturated carbocycles. The predicted octanol–water partition coefficient (Wildman–Crippen LogP) is 2.20. The molecule has 92 valence electrons. The van der Waals surface area contributed by atoms with Gasteiger partial charge in [0, 0.05) is 11.6 Å². The number of hydrogen-bond acceptors (Lipinski definition) is 3. The van der Waals surface area contributed by atoms with Gasteiger partial charge in [-0.3, -0.25) is 0 Å². The number of aromatic hydroxyl groups is 1. The number of benzene rings is 1. The Morgan fingerprint density at radius 1 is 1.59 bits per heavy atom. The summed E-state index contributed by atoms with van der Waals surface area (Å²) >= 11 is 0. The van der Waals surface area contributed by atoms with E-state index in [4.69, 9.17) is 10.8 Å². The van der Waals surface area contributed by atoms with Crippen LogP contribution in [-0.2, 0) is 0 Å². The Morgan fingerprint density at radius 3 is 2.76 bits per heavy atom. The van der Waals surface area contributed by atoms with Crippen molar-refractivity contribution in [1.82, 2.24) is 0 Å². The Bertz CT molecular complexity index is 446. The van der Waals surface area contributed by atoms with Crippen molar-refractivity contribution in [3.05, 3.63) is 41.7 Å². The largest absolute Gasteiger partial charge is 0.507 e. The van der Waals surface area contributed by atoms with E-state index in [0.29, 0.717) is 12.8 Å². The highest BCUT2D eigenvalue weighted by atomic mass is 19.1. The lowest BCUT2D eigenvalue weighted by molar-refractivity contribution is 0.0693. The highest BCUT2D eigenvalue weighted by Gasteiger charge is 2.19. The van der Waals surface area contributed by atoms with Crippen molar-refractivity contribution in [2.45, 2.75) is 18.9 Å². The molecule has 1 rings (SSSR count). The van der Waals surface area contributed by atoms with Crippen LogP contribution in [0, 0.1) is 5.82 Å². The minimum Gasteiger partial charge on any atom is -0.507 e. The number of nitrogens with two attached hydrogens (primary N) is 1. The summed E-state index contributed by atoms with van der Waals surface area (Å²) in [6, 6.07) is 1.19. The molecule has 0 aliphatic heterocycles. The Kier molecular flexibility index (Phi) is 4.23. The second-order valence-electron chi connectivity index (χ2n) is 3.67. The maximum atomic E-state index is 13.2. The predicted molar refractivity (Wildman–Crippen MR) is 61.4 cm³/mol. The average molecular weight is 239 g/mol. The van der Waals surface area contributed by atoms with E-state index in [1.807, 2.05) is 0 Å². The van der Waals surface area contributed by atoms with Crippen molar-refractivity contribution in [2.24, 2.45) is 5.73 Å². The lowest BCUT2D eigenvalue weighted by Crippen LogP contribution is -2.12. The van der Waals surface area contributed by atoms with Gasteiger partial charge in [-0.05, 0) is 25.0 Å². The summed E-state index contributed by atoms with van der Waals surface area (Å²) in [4.78, 5) is 10.8. The zero-order chi connectivity index (χ0) is 13.0. The second kappa shape index (κ2) is 5.45. The number of rotatable bonds is 5. The molecule has 0 spiro atoms. The van der Waals surface area contributed by atoms with Crippen LogP contribution >= 0.6 is 0 Å². The molecule has 0 fully saturated rings. The van der Waals surface area contributed by atoms with Crippen LogP contribution in [0.1, 0.15) is 34.8 Å². The molecule has 0 aliphatic carbocycles. The van der Waals surface area contributed by atoms with E-state index in [1.54, 1.807) is 6.08 Å². The van der Waals surface area contributed by atoms with Crippen molar-refractivity contribution in [2.75, 3.05) is 0 Å². The topological polar surface area (TPSA) is 83.6 Å². The number of carbonyl (C=O) groups is 1. The van der Waals surface area contributed by atoms with Gasteiger partial charge in [0.15, 0.2) is 0 Å². The van der Waals surface area contributed by atoms with E-state index in [2.05, 4.69) is 6.58 Å². The first-order chi connectivity index (χ1) is 7.97. The normalized spacial score (nSPS) is 12.1. The lowest BCUT2D eigenvalue weighted by atomic mass is 9.99. The fourth-order valence-electron chi connectivity index (χ4n) is 1.52. The monoisotopic (exact) mass is 239 g/mol. The van der Waals surface area contributed by atoms with Gasteiger partial charge in [-0.15, -0.1) is 6.58 Å². The first-order valence-electron chi connectivity index (χ1n) is 5.09. The molecule has 0 aromatic heterocycles. The number of halogens is 1. The molecule has 0 aliphatic rings. The van der Waals surface area contributed by atoms with Crippen LogP contribution in [0.3, 0.4) is 0 Å². The first kappa shape index (κ1) is 13.2. The molecular formula is C12H14FNO3. The molecule has 17 heavy (non-hydrogen) atoms. The van der Waals surface area contributed by atoms with Crippen LogP contribution in [0.25, 0.3) is 0 Å². The molecule has 0 heterocycles. The molecular weight excluding hydrogens is 225 g/mol. The van der Waals surface area contributed by atoms with Gasteiger partial charge < -0.3 is 15.9 Å². The minimum atomic E-state index is -1.39. The van der Waals surface area contributed by atoms with Crippen molar-refractivity contribution in [3.8, 4) is 5.75 Å². The Labute approximate surface area is 98.2 Å². The number of carboxylic acids is 1. The van der Waals surface area contributed by atoms with Crippen molar-refractivity contribution >= 4 is 5.97 Å². The van der Waals surface area contributed by atoms with Gasteiger partial charge in [0.25, 0.3) is 0 Å². The Balaban J connectivity index is 3.14. The molecule has 0 radical (unpaired) electrons. The van der Waals surface area contributed by atoms with Crippen molar-refractivity contribution in [1.29, 1.82) is 0 Å². The molecule has 0 amide bonds. The van der Waals surface area contributed by atoms with E-state index < -0.39 is 29.1 Å². The molecule has 1 aromatic rings. The van der Waals surface area contributed by atoms with Gasteiger partial charge in [0.05, 0.1) is 0 Å². The fourth-order valence-corrected chi connectivity index (χ4v) is 1.52. The second-order valence-corrected chi connectivity index (χ2v) is 3.67. The van der Waals surface area contributed by atoms with Crippen LogP contribution < -0.4 is 5.73 Å². The summed E-state index contributed by atoms with van der Waals surface area (Å²) in [6.07, 6.45) is 2.70. The highest BCUT2D eigenvalue weighted by Crippen LogP contribution is 2.30. The standard InChI is InChI=1S/C12H14FNO3/c1-2-3-4-10(14)8-5-7(13)6-9(11(8)15)12(16)17/h2,5-6,10,15H,1,3-4,14H2,(H,16,17)/t10-/m0/s1. The third-order valence-corrected chi connectivity index (χ3v) is 2.42. The summed E-state index contributed by atoms with van der Waals surface area (Å²) in [5.74, 6) is -2.60. The smallest absolute Gasteiger partial charge is 0.339 e. The maximum absolute atomic E-state index is 13.2. The van der Waals surface area contributed by atoms with Crippen molar-refractivity contribution < 1.29 is 19.4 Å². The van der Waals surface area contributed by atoms with E-state index in [0.717, 1.165) is 12.1 Å². The third kappa shape index (κ3) is 3.04.